The molecule has 1 amide bonds. The lowest BCUT2D eigenvalue weighted by molar-refractivity contribution is -0.150. The molecule has 6 heteroatoms. The average Bonchev–Trinajstić information content (AvgIpc) is 3.10. The number of amides is 1. The van der Waals surface area contributed by atoms with Crippen molar-refractivity contribution in [2.45, 2.75) is 206 Å². The van der Waals surface area contributed by atoms with E-state index in [-0.39, 0.29) is 24.5 Å². The molecule has 0 radical (unpaired) electrons. The van der Waals surface area contributed by atoms with Gasteiger partial charge >= 0.3 is 11.9 Å². The Kier molecular flexibility index (Phi) is 37.1. The molecule has 0 bridgehead atoms. The number of hydrogen-bond donors (Lipinski definition) is 2. The third kappa shape index (κ3) is 38.2. The van der Waals surface area contributed by atoms with Crippen molar-refractivity contribution in [2.75, 3.05) is 6.54 Å². The van der Waals surface area contributed by atoms with Gasteiger partial charge in [-0.15, -0.1) is 0 Å². The molecule has 6 nitrogen and oxygen atoms in total. The van der Waals surface area contributed by atoms with Crippen molar-refractivity contribution < 1.29 is 24.2 Å². The second-order valence-electron chi connectivity index (χ2n) is 13.9. The van der Waals surface area contributed by atoms with E-state index >= 15 is 0 Å². The molecule has 1 unspecified atom stereocenters. The highest BCUT2D eigenvalue weighted by atomic mass is 16.5. The standard InChI is InChI=1S/C44H77NO5/c1-3-5-7-9-11-13-15-16-17-18-19-20-22-24-26-31-35-39-44(49)50-41(36-32-28-25-23-21-14-12-10-8-6-4-2)37-33-29-27-30-34-38-42(46)45-40-43(47)48/h5,7,11,13,16-17,19-20,41H,3-4,6,8-10,12,14-15,18,21-40H2,1-2H3,(H,45,46)(H,47,48)/b7-5-,13-11-,17-16-,20-19-. The summed E-state index contributed by atoms with van der Waals surface area (Å²) in [6.07, 6.45) is 49.4. The second-order valence-corrected chi connectivity index (χ2v) is 13.9. The summed E-state index contributed by atoms with van der Waals surface area (Å²) in [6.45, 7) is 4.11. The maximum Gasteiger partial charge on any atom is 0.322 e. The third-order valence-corrected chi connectivity index (χ3v) is 9.02. The first-order chi connectivity index (χ1) is 24.5. The monoisotopic (exact) mass is 700 g/mol. The largest absolute Gasteiger partial charge is 0.480 e. The summed E-state index contributed by atoms with van der Waals surface area (Å²) in [5.74, 6) is -1.25. The number of carboxylic acids is 1. The predicted octanol–water partition coefficient (Wildman–Crippen LogP) is 12.7. The molecular weight excluding hydrogens is 622 g/mol. The molecule has 1 atom stereocenters. The van der Waals surface area contributed by atoms with Gasteiger partial charge in [-0.1, -0.05) is 159 Å². The van der Waals surface area contributed by atoms with Gasteiger partial charge in [-0.05, 0) is 77.0 Å². The first-order valence-electron chi connectivity index (χ1n) is 20.8. The Morgan fingerprint density at radius 2 is 0.980 bits per heavy atom. The highest BCUT2D eigenvalue weighted by Crippen LogP contribution is 2.19. The summed E-state index contributed by atoms with van der Waals surface area (Å²) in [4.78, 5) is 35.0. The molecule has 0 heterocycles. The average molecular weight is 700 g/mol. The Bertz CT molecular complexity index is 906. The Balaban J connectivity index is 4.20. The van der Waals surface area contributed by atoms with Crippen molar-refractivity contribution >= 4 is 17.8 Å². The smallest absolute Gasteiger partial charge is 0.322 e. The van der Waals surface area contributed by atoms with E-state index in [9.17, 15) is 14.4 Å². The van der Waals surface area contributed by atoms with Gasteiger partial charge in [0, 0.05) is 12.8 Å². The molecule has 0 aromatic rings. The van der Waals surface area contributed by atoms with Crippen LogP contribution in [-0.4, -0.2) is 35.6 Å². The van der Waals surface area contributed by atoms with Gasteiger partial charge in [0.1, 0.15) is 12.6 Å². The van der Waals surface area contributed by atoms with Crippen LogP contribution >= 0.6 is 0 Å². The number of aliphatic carboxylic acids is 1. The van der Waals surface area contributed by atoms with E-state index in [2.05, 4.69) is 67.8 Å². The second kappa shape index (κ2) is 39.2. The van der Waals surface area contributed by atoms with Gasteiger partial charge in [0.15, 0.2) is 0 Å². The van der Waals surface area contributed by atoms with Crippen LogP contribution in [0.1, 0.15) is 200 Å². The molecule has 0 rings (SSSR count). The van der Waals surface area contributed by atoms with Crippen LogP contribution in [0.4, 0.5) is 0 Å². The van der Waals surface area contributed by atoms with E-state index in [1.165, 1.54) is 64.2 Å². The minimum Gasteiger partial charge on any atom is -0.480 e. The quantitative estimate of drug-likeness (QED) is 0.0382. The topological polar surface area (TPSA) is 92.7 Å². The molecule has 0 saturated heterocycles. The number of carbonyl (C=O) groups is 3. The van der Waals surface area contributed by atoms with Crippen molar-refractivity contribution in [3.8, 4) is 0 Å². The normalized spacial score (nSPS) is 12.5. The highest BCUT2D eigenvalue weighted by molar-refractivity contribution is 5.80. The van der Waals surface area contributed by atoms with Crippen molar-refractivity contribution in [1.82, 2.24) is 5.32 Å². The van der Waals surface area contributed by atoms with Gasteiger partial charge in [-0.2, -0.15) is 0 Å². The van der Waals surface area contributed by atoms with E-state index < -0.39 is 5.97 Å². The maximum atomic E-state index is 12.7. The molecule has 0 aliphatic heterocycles. The predicted molar refractivity (Wildman–Crippen MR) is 212 cm³/mol. The van der Waals surface area contributed by atoms with Crippen molar-refractivity contribution in [3.05, 3.63) is 48.6 Å². The van der Waals surface area contributed by atoms with Gasteiger partial charge in [0.2, 0.25) is 5.91 Å². The molecule has 0 fully saturated rings. The zero-order valence-corrected chi connectivity index (χ0v) is 32.5. The van der Waals surface area contributed by atoms with E-state index in [0.717, 1.165) is 109 Å². The van der Waals surface area contributed by atoms with Crippen molar-refractivity contribution in [2.24, 2.45) is 0 Å². The van der Waals surface area contributed by atoms with Crippen LogP contribution in [0.5, 0.6) is 0 Å². The number of unbranched alkanes of at least 4 members (excludes halogenated alkanes) is 18. The summed E-state index contributed by atoms with van der Waals surface area (Å²) in [6, 6.07) is 0. The van der Waals surface area contributed by atoms with E-state index in [1.54, 1.807) is 0 Å². The van der Waals surface area contributed by atoms with E-state index in [0.29, 0.717) is 12.8 Å². The van der Waals surface area contributed by atoms with Crippen molar-refractivity contribution in [1.29, 1.82) is 0 Å². The Morgan fingerprint density at radius 1 is 0.540 bits per heavy atom. The van der Waals surface area contributed by atoms with Crippen LogP contribution in [0.15, 0.2) is 48.6 Å². The molecule has 0 aliphatic rings. The molecular formula is C44H77NO5. The van der Waals surface area contributed by atoms with Gasteiger partial charge in [0.25, 0.3) is 0 Å². The number of hydrogen-bond acceptors (Lipinski definition) is 4. The Hall–Kier alpha value is -2.63. The van der Waals surface area contributed by atoms with Gasteiger partial charge in [-0.25, -0.2) is 0 Å². The zero-order valence-electron chi connectivity index (χ0n) is 32.5. The highest BCUT2D eigenvalue weighted by Gasteiger charge is 2.14. The zero-order chi connectivity index (χ0) is 36.6. The summed E-state index contributed by atoms with van der Waals surface area (Å²) in [7, 11) is 0. The first kappa shape index (κ1) is 47.4. The molecule has 2 N–H and O–H groups in total. The van der Waals surface area contributed by atoms with Gasteiger partial charge in [-0.3, -0.25) is 14.4 Å². The van der Waals surface area contributed by atoms with Crippen LogP contribution in [0.25, 0.3) is 0 Å². The molecule has 50 heavy (non-hydrogen) atoms. The minimum atomic E-state index is -1.02. The summed E-state index contributed by atoms with van der Waals surface area (Å²) in [5, 5.41) is 11.1. The van der Waals surface area contributed by atoms with Crippen molar-refractivity contribution in [3.63, 3.8) is 0 Å². The molecule has 0 aromatic heterocycles. The number of carbonyl (C=O) groups excluding carboxylic acids is 2. The van der Waals surface area contributed by atoms with Crippen LogP contribution < -0.4 is 5.32 Å². The fraction of sp³-hybridized carbons (Fsp3) is 0.750. The summed E-state index contributed by atoms with van der Waals surface area (Å²) >= 11 is 0. The lowest BCUT2D eigenvalue weighted by Crippen LogP contribution is -2.28. The molecule has 0 spiro atoms. The minimum absolute atomic E-state index is 0.0148. The number of allylic oxidation sites excluding steroid dienone is 8. The van der Waals surface area contributed by atoms with Gasteiger partial charge in [0.05, 0.1) is 0 Å². The number of carboxylic acid groups (broad SMARTS) is 1. The SMILES string of the molecule is CC/C=C\C/C=C\C/C=C\C/C=C\CCCCCCC(=O)OC(CCCCCCCCCCCCC)CCCCCCCC(=O)NCC(=O)O. The number of ether oxygens (including phenoxy) is 1. The Morgan fingerprint density at radius 3 is 1.50 bits per heavy atom. The fourth-order valence-corrected chi connectivity index (χ4v) is 5.98. The number of rotatable bonds is 37. The number of nitrogens with one attached hydrogen (secondary N) is 1. The van der Waals surface area contributed by atoms with Crippen LogP contribution in [0.2, 0.25) is 0 Å². The maximum absolute atomic E-state index is 12.7. The molecule has 0 aromatic carbocycles. The van der Waals surface area contributed by atoms with E-state index in [4.69, 9.17) is 9.84 Å². The van der Waals surface area contributed by atoms with Crippen LogP contribution in [-0.2, 0) is 19.1 Å². The van der Waals surface area contributed by atoms with E-state index in [1.807, 2.05) is 0 Å². The number of esters is 1. The molecule has 288 valence electrons. The fourth-order valence-electron chi connectivity index (χ4n) is 5.98. The summed E-state index contributed by atoms with van der Waals surface area (Å²) < 4.78 is 6.01. The van der Waals surface area contributed by atoms with Gasteiger partial charge < -0.3 is 15.2 Å². The summed E-state index contributed by atoms with van der Waals surface area (Å²) in [5.41, 5.74) is 0. The Labute approximate surface area is 308 Å². The lowest BCUT2D eigenvalue weighted by atomic mass is 10.0. The molecule has 0 aliphatic carbocycles. The molecule has 0 saturated carbocycles. The third-order valence-electron chi connectivity index (χ3n) is 9.02. The van der Waals surface area contributed by atoms with Crippen LogP contribution in [0, 0.1) is 0 Å². The first-order valence-corrected chi connectivity index (χ1v) is 20.8. The lowest BCUT2D eigenvalue weighted by Gasteiger charge is -2.18. The van der Waals surface area contributed by atoms with Crippen LogP contribution in [0.3, 0.4) is 0 Å².